The van der Waals surface area contributed by atoms with Gasteiger partial charge in [0.25, 0.3) is 5.91 Å². The zero-order valence-corrected chi connectivity index (χ0v) is 13.7. The third kappa shape index (κ3) is 3.37. The molecular formula is C17H21N3O3. The molecule has 1 aromatic heterocycles. The summed E-state index contributed by atoms with van der Waals surface area (Å²) in [7, 11) is 3.97. The minimum atomic E-state index is -0.155. The average molecular weight is 315 g/mol. The number of likely N-dealkylation sites (N-methyl/N-ethyl adjacent to an activating group) is 1. The van der Waals surface area contributed by atoms with E-state index < -0.39 is 0 Å². The third-order valence-corrected chi connectivity index (χ3v) is 3.86. The van der Waals surface area contributed by atoms with Crippen LogP contribution >= 0.6 is 0 Å². The van der Waals surface area contributed by atoms with Gasteiger partial charge in [-0.3, -0.25) is 4.79 Å². The van der Waals surface area contributed by atoms with Crippen molar-refractivity contribution in [2.45, 2.75) is 19.5 Å². The molecule has 6 nitrogen and oxygen atoms in total. The number of fused-ring (bicyclic) bond motifs is 1. The largest absolute Gasteiger partial charge is 0.491 e. The molecule has 122 valence electrons. The van der Waals surface area contributed by atoms with E-state index in [9.17, 15) is 4.79 Å². The van der Waals surface area contributed by atoms with E-state index in [1.165, 1.54) is 0 Å². The Bertz CT molecular complexity index is 696. The summed E-state index contributed by atoms with van der Waals surface area (Å²) >= 11 is 0. The molecule has 0 fully saturated rings. The van der Waals surface area contributed by atoms with Crippen molar-refractivity contribution in [3.63, 3.8) is 0 Å². The van der Waals surface area contributed by atoms with Crippen molar-refractivity contribution in [1.82, 2.24) is 15.0 Å². The number of carbonyl (C=O) groups is 1. The van der Waals surface area contributed by atoms with Crippen molar-refractivity contribution < 1.29 is 14.1 Å². The average Bonchev–Trinajstić information content (AvgIpc) is 2.87. The third-order valence-electron chi connectivity index (χ3n) is 3.86. The first-order valence-corrected chi connectivity index (χ1v) is 7.64. The molecule has 0 aliphatic carbocycles. The van der Waals surface area contributed by atoms with Crippen LogP contribution < -0.4 is 4.74 Å². The second-order valence-electron chi connectivity index (χ2n) is 6.10. The maximum Gasteiger partial charge on any atom is 0.293 e. The number of amides is 1. The van der Waals surface area contributed by atoms with Gasteiger partial charge in [0, 0.05) is 18.2 Å². The molecule has 0 saturated heterocycles. The predicted octanol–water partition coefficient (Wildman–Crippen LogP) is 1.95. The summed E-state index contributed by atoms with van der Waals surface area (Å²) < 4.78 is 11.1. The molecule has 0 N–H and O–H groups in total. The maximum absolute atomic E-state index is 12.9. The molecule has 1 amide bonds. The molecule has 0 spiro atoms. The van der Waals surface area contributed by atoms with Crippen molar-refractivity contribution in [3.8, 4) is 5.75 Å². The van der Waals surface area contributed by atoms with Gasteiger partial charge in [-0.05, 0) is 27.1 Å². The quantitative estimate of drug-likeness (QED) is 0.866. The monoisotopic (exact) mass is 315 g/mol. The van der Waals surface area contributed by atoms with Gasteiger partial charge in [-0.15, -0.1) is 0 Å². The Balaban J connectivity index is 1.92. The van der Waals surface area contributed by atoms with Gasteiger partial charge in [-0.1, -0.05) is 23.4 Å². The first-order valence-electron chi connectivity index (χ1n) is 7.64. The Kier molecular flexibility index (Phi) is 4.34. The van der Waals surface area contributed by atoms with Gasteiger partial charge < -0.3 is 19.1 Å². The van der Waals surface area contributed by atoms with Gasteiger partial charge in [0.15, 0.2) is 0 Å². The normalized spacial score (nSPS) is 17.6. The van der Waals surface area contributed by atoms with Crippen LogP contribution in [0.2, 0.25) is 0 Å². The molecule has 3 rings (SSSR count). The predicted molar refractivity (Wildman–Crippen MR) is 85.4 cm³/mol. The Labute approximate surface area is 135 Å². The number of carbonyl (C=O) groups excluding carboxylic acids is 1. The Hall–Kier alpha value is -2.34. The van der Waals surface area contributed by atoms with E-state index in [0.717, 1.165) is 11.3 Å². The van der Waals surface area contributed by atoms with Gasteiger partial charge in [0.1, 0.15) is 12.4 Å². The highest BCUT2D eigenvalue weighted by molar-refractivity contribution is 5.91. The summed E-state index contributed by atoms with van der Waals surface area (Å²) in [6.45, 7) is 3.46. The van der Waals surface area contributed by atoms with Gasteiger partial charge in [-0.25, -0.2) is 0 Å². The summed E-state index contributed by atoms with van der Waals surface area (Å²) in [6.07, 6.45) is 0. The first-order chi connectivity index (χ1) is 11.0. The van der Waals surface area contributed by atoms with Crippen LogP contribution in [-0.2, 0) is 6.54 Å². The maximum atomic E-state index is 12.9. The van der Waals surface area contributed by atoms with Crippen LogP contribution in [0.1, 0.15) is 21.8 Å². The highest BCUT2D eigenvalue weighted by Gasteiger charge is 2.31. The van der Waals surface area contributed by atoms with Crippen LogP contribution in [0, 0.1) is 6.92 Å². The lowest BCUT2D eigenvalue weighted by Crippen LogP contribution is -2.47. The van der Waals surface area contributed by atoms with Crippen molar-refractivity contribution in [3.05, 3.63) is 47.3 Å². The van der Waals surface area contributed by atoms with E-state index in [1.807, 2.05) is 43.3 Å². The number of aromatic nitrogens is 1. The zero-order chi connectivity index (χ0) is 16.4. The standard InChI is InChI=1S/C17H21N3O3/c1-12-8-16(23-18-12)17(21)20-9-13-6-4-5-7-15(13)22-11-14(20)10-19(2)3/h4-8,14H,9-11H2,1-3H3/t14-/m1/s1. The van der Waals surface area contributed by atoms with E-state index in [0.29, 0.717) is 25.4 Å². The van der Waals surface area contributed by atoms with Gasteiger partial charge >= 0.3 is 0 Å². The molecule has 1 aliphatic rings. The highest BCUT2D eigenvalue weighted by atomic mass is 16.5. The van der Waals surface area contributed by atoms with E-state index in [4.69, 9.17) is 9.26 Å². The Morgan fingerprint density at radius 2 is 2.17 bits per heavy atom. The number of hydrogen-bond acceptors (Lipinski definition) is 5. The number of nitrogens with zero attached hydrogens (tertiary/aromatic N) is 3. The van der Waals surface area contributed by atoms with Crippen LogP contribution in [0.15, 0.2) is 34.9 Å². The second kappa shape index (κ2) is 6.42. The molecule has 23 heavy (non-hydrogen) atoms. The molecule has 1 aromatic carbocycles. The molecule has 1 atom stereocenters. The van der Waals surface area contributed by atoms with Crippen LogP contribution in [0.5, 0.6) is 5.75 Å². The molecule has 0 saturated carbocycles. The van der Waals surface area contributed by atoms with E-state index >= 15 is 0 Å². The molecular weight excluding hydrogens is 294 g/mol. The van der Waals surface area contributed by atoms with E-state index in [1.54, 1.807) is 13.0 Å². The highest BCUT2D eigenvalue weighted by Crippen LogP contribution is 2.26. The van der Waals surface area contributed by atoms with Gasteiger partial charge in [-0.2, -0.15) is 0 Å². The van der Waals surface area contributed by atoms with Crippen molar-refractivity contribution in [1.29, 1.82) is 0 Å². The number of hydrogen-bond donors (Lipinski definition) is 0. The lowest BCUT2D eigenvalue weighted by atomic mass is 10.1. The van der Waals surface area contributed by atoms with E-state index in [2.05, 4.69) is 10.1 Å². The van der Waals surface area contributed by atoms with Crippen LogP contribution in [0.25, 0.3) is 0 Å². The summed E-state index contributed by atoms with van der Waals surface area (Å²) in [5, 5.41) is 3.82. The molecule has 0 unspecified atom stereocenters. The molecule has 0 radical (unpaired) electrons. The molecule has 0 bridgehead atoms. The number of rotatable bonds is 3. The van der Waals surface area contributed by atoms with Crippen molar-refractivity contribution in [2.75, 3.05) is 27.2 Å². The minimum Gasteiger partial charge on any atom is -0.491 e. The van der Waals surface area contributed by atoms with Gasteiger partial charge in [0.2, 0.25) is 5.76 Å². The fourth-order valence-electron chi connectivity index (χ4n) is 2.78. The topological polar surface area (TPSA) is 58.8 Å². The zero-order valence-electron chi connectivity index (χ0n) is 13.7. The van der Waals surface area contributed by atoms with Crippen molar-refractivity contribution >= 4 is 5.91 Å². The molecule has 6 heteroatoms. The first kappa shape index (κ1) is 15.6. The second-order valence-corrected chi connectivity index (χ2v) is 6.10. The lowest BCUT2D eigenvalue weighted by Gasteiger charge is -2.30. The molecule has 1 aliphatic heterocycles. The number of benzene rings is 1. The fourth-order valence-corrected chi connectivity index (χ4v) is 2.78. The van der Waals surface area contributed by atoms with Crippen LogP contribution in [0.3, 0.4) is 0 Å². The molecule has 2 heterocycles. The summed E-state index contributed by atoms with van der Waals surface area (Å²) in [4.78, 5) is 16.7. The van der Waals surface area contributed by atoms with Crippen LogP contribution in [-0.4, -0.2) is 54.2 Å². The van der Waals surface area contributed by atoms with Crippen LogP contribution in [0.4, 0.5) is 0 Å². The summed E-state index contributed by atoms with van der Waals surface area (Å²) in [5.74, 6) is 0.948. The lowest BCUT2D eigenvalue weighted by molar-refractivity contribution is 0.0543. The van der Waals surface area contributed by atoms with Gasteiger partial charge in [0.05, 0.1) is 18.3 Å². The summed E-state index contributed by atoms with van der Waals surface area (Å²) in [5.41, 5.74) is 1.70. The number of aryl methyl sites for hydroxylation is 1. The number of para-hydroxylation sites is 1. The Morgan fingerprint density at radius 3 is 2.87 bits per heavy atom. The minimum absolute atomic E-state index is 0.0599. The summed E-state index contributed by atoms with van der Waals surface area (Å²) in [6, 6.07) is 9.43. The Morgan fingerprint density at radius 1 is 1.39 bits per heavy atom. The fraction of sp³-hybridized carbons (Fsp3) is 0.412. The molecule has 2 aromatic rings. The van der Waals surface area contributed by atoms with Crippen molar-refractivity contribution in [2.24, 2.45) is 0 Å². The smallest absolute Gasteiger partial charge is 0.293 e. The SMILES string of the molecule is Cc1cc(C(=O)N2Cc3ccccc3OC[C@H]2CN(C)C)on1. The number of ether oxygens (including phenoxy) is 1. The van der Waals surface area contributed by atoms with E-state index in [-0.39, 0.29) is 17.7 Å².